The number of halogens is 3. The van der Waals surface area contributed by atoms with Gasteiger partial charge >= 0.3 is 12.1 Å². The molecule has 0 saturated carbocycles. The van der Waals surface area contributed by atoms with Gasteiger partial charge in [-0.2, -0.15) is 13.2 Å². The van der Waals surface area contributed by atoms with E-state index in [1.807, 2.05) is 0 Å². The first kappa shape index (κ1) is 15.2. The Kier molecular flexibility index (Phi) is 6.71. The minimum atomic E-state index is -5.08. The van der Waals surface area contributed by atoms with E-state index in [4.69, 9.17) is 15.6 Å². The van der Waals surface area contributed by atoms with Crippen molar-refractivity contribution in [3.05, 3.63) is 0 Å². The predicted octanol–water partition coefficient (Wildman–Crippen LogP) is -0.333. The molecule has 14 heavy (non-hydrogen) atoms. The zero-order chi connectivity index (χ0) is 11.9. The highest BCUT2D eigenvalue weighted by Crippen LogP contribution is 2.13. The van der Waals surface area contributed by atoms with Crippen LogP contribution in [0.4, 0.5) is 13.2 Å². The molecule has 0 radical (unpaired) electrons. The number of carboxylic acid groups (broad SMARTS) is 1. The maximum atomic E-state index is 10.6. The Hall–Kier alpha value is -1.31. The molecule has 0 spiro atoms. The number of alkyl halides is 3. The summed E-state index contributed by atoms with van der Waals surface area (Å²) in [6.07, 6.45) is -5.08. The Balaban J connectivity index is 0. The number of hydrogen-bond acceptors (Lipinski definition) is 3. The molecule has 0 aliphatic heterocycles. The van der Waals surface area contributed by atoms with Gasteiger partial charge in [-0.05, 0) is 0 Å². The lowest BCUT2D eigenvalue weighted by molar-refractivity contribution is -0.192. The molecule has 0 atom stereocenters. The van der Waals surface area contributed by atoms with Gasteiger partial charge < -0.3 is 15.7 Å². The first-order chi connectivity index (χ1) is 6.12. The molecule has 1 amide bonds. The van der Waals surface area contributed by atoms with E-state index in [-0.39, 0.29) is 12.5 Å². The Labute approximate surface area is 78.3 Å². The Bertz CT molecular complexity index is 201. The zero-order valence-electron chi connectivity index (χ0n) is 7.63. The minimum absolute atomic E-state index is 0.0417. The van der Waals surface area contributed by atoms with Crippen LogP contribution in [-0.4, -0.2) is 48.7 Å². The van der Waals surface area contributed by atoms with Crippen LogP contribution < -0.4 is 5.73 Å². The van der Waals surface area contributed by atoms with Gasteiger partial charge in [-0.15, -0.1) is 0 Å². The normalized spacial score (nSPS) is 9.86. The van der Waals surface area contributed by atoms with Crippen LogP contribution >= 0.6 is 0 Å². The van der Waals surface area contributed by atoms with E-state index in [9.17, 15) is 18.0 Å². The van der Waals surface area contributed by atoms with Gasteiger partial charge in [0.1, 0.15) is 0 Å². The molecule has 0 rings (SSSR count). The fraction of sp³-hybridized carbons (Fsp3) is 0.667. The molecule has 3 N–H and O–H groups in total. The second-order valence-corrected chi connectivity index (χ2v) is 2.30. The van der Waals surface area contributed by atoms with Crippen molar-refractivity contribution in [2.24, 2.45) is 5.73 Å². The summed E-state index contributed by atoms with van der Waals surface area (Å²) >= 11 is 0. The topological polar surface area (TPSA) is 83.6 Å². The second kappa shape index (κ2) is 6.19. The number of rotatable bonds is 1. The number of aliphatic carboxylic acids is 1. The highest BCUT2D eigenvalue weighted by atomic mass is 19.4. The summed E-state index contributed by atoms with van der Waals surface area (Å²) in [4.78, 5) is 20.7. The molecule has 0 bridgehead atoms. The first-order valence-corrected chi connectivity index (χ1v) is 3.33. The number of carbonyl (C=O) groups is 2. The number of amides is 1. The van der Waals surface area contributed by atoms with Gasteiger partial charge in [-0.25, -0.2) is 4.79 Å². The van der Waals surface area contributed by atoms with Crippen molar-refractivity contribution in [2.75, 3.05) is 20.6 Å². The number of nitrogens with zero attached hydrogens (tertiary/aromatic N) is 1. The number of hydrogen-bond donors (Lipinski definition) is 2. The summed E-state index contributed by atoms with van der Waals surface area (Å²) in [5, 5.41) is 7.12. The lowest BCUT2D eigenvalue weighted by Crippen LogP contribution is -2.28. The third-order valence-corrected chi connectivity index (χ3v) is 0.916. The first-order valence-electron chi connectivity index (χ1n) is 3.33. The Morgan fingerprint density at radius 2 is 1.64 bits per heavy atom. The Morgan fingerprint density at radius 1 is 1.36 bits per heavy atom. The Morgan fingerprint density at radius 3 is 1.64 bits per heavy atom. The van der Waals surface area contributed by atoms with Gasteiger partial charge in [-0.1, -0.05) is 0 Å². The quantitative estimate of drug-likeness (QED) is 0.628. The molecule has 8 heteroatoms. The van der Waals surface area contributed by atoms with Gasteiger partial charge in [0, 0.05) is 14.1 Å². The fourth-order valence-electron chi connectivity index (χ4n) is 0.183. The van der Waals surface area contributed by atoms with E-state index < -0.39 is 12.1 Å². The molecule has 0 aliphatic carbocycles. The van der Waals surface area contributed by atoms with Crippen molar-refractivity contribution >= 4 is 11.9 Å². The number of carbonyl (C=O) groups excluding carboxylic acids is 1. The van der Waals surface area contributed by atoms with Crippen LogP contribution in [0, 0.1) is 0 Å². The van der Waals surface area contributed by atoms with Crippen LogP contribution in [0.15, 0.2) is 0 Å². The average Bonchev–Trinajstić information content (AvgIpc) is 2.02. The van der Waals surface area contributed by atoms with E-state index in [1.165, 1.54) is 4.90 Å². The van der Waals surface area contributed by atoms with Crippen LogP contribution in [0.25, 0.3) is 0 Å². The molecule has 0 unspecified atom stereocenters. The third kappa shape index (κ3) is 8.78. The summed E-state index contributed by atoms with van der Waals surface area (Å²) < 4.78 is 31.7. The number of carboxylic acids is 1. The second-order valence-electron chi connectivity index (χ2n) is 2.30. The molecule has 84 valence electrons. The smallest absolute Gasteiger partial charge is 0.475 e. The molecule has 0 fully saturated rings. The largest absolute Gasteiger partial charge is 0.490 e. The van der Waals surface area contributed by atoms with Crippen molar-refractivity contribution in [1.29, 1.82) is 0 Å². The van der Waals surface area contributed by atoms with E-state index in [0.717, 1.165) is 0 Å². The molecule has 0 saturated heterocycles. The summed E-state index contributed by atoms with van der Waals surface area (Å²) in [6, 6.07) is 0. The highest BCUT2D eigenvalue weighted by molar-refractivity contribution is 5.77. The van der Waals surface area contributed by atoms with Gasteiger partial charge in [0.15, 0.2) is 0 Å². The van der Waals surface area contributed by atoms with Crippen molar-refractivity contribution in [3.8, 4) is 0 Å². The standard InChI is InChI=1S/C4H10N2O.C2HF3O2/c1-6(2)4(7)3-5;3-2(4,5)1(6)7/h3,5H2,1-2H3;(H,6,7). The van der Waals surface area contributed by atoms with Crippen LogP contribution in [-0.2, 0) is 9.59 Å². The van der Waals surface area contributed by atoms with Crippen molar-refractivity contribution in [1.82, 2.24) is 4.90 Å². The van der Waals surface area contributed by atoms with Crippen LogP contribution in [0.2, 0.25) is 0 Å². The molecule has 0 aromatic heterocycles. The van der Waals surface area contributed by atoms with Crippen LogP contribution in [0.5, 0.6) is 0 Å². The minimum Gasteiger partial charge on any atom is -0.475 e. The molecule has 0 aromatic rings. The SMILES string of the molecule is CN(C)C(=O)CN.O=C(O)C(F)(F)F. The highest BCUT2D eigenvalue weighted by Gasteiger charge is 2.38. The molecule has 5 nitrogen and oxygen atoms in total. The van der Waals surface area contributed by atoms with E-state index in [0.29, 0.717) is 0 Å². The maximum absolute atomic E-state index is 10.6. The summed E-state index contributed by atoms with van der Waals surface area (Å²) in [5.74, 6) is -2.80. The fourth-order valence-corrected chi connectivity index (χ4v) is 0.183. The number of likely N-dealkylation sites (N-methyl/N-ethyl adjacent to an activating group) is 1. The maximum Gasteiger partial charge on any atom is 0.490 e. The van der Waals surface area contributed by atoms with Crippen LogP contribution in [0.1, 0.15) is 0 Å². The zero-order valence-corrected chi connectivity index (χ0v) is 7.63. The van der Waals surface area contributed by atoms with E-state index >= 15 is 0 Å². The molecular weight excluding hydrogens is 205 g/mol. The van der Waals surface area contributed by atoms with Gasteiger partial charge in [0.05, 0.1) is 6.54 Å². The van der Waals surface area contributed by atoms with Crippen molar-refractivity contribution < 1.29 is 27.9 Å². The number of nitrogens with two attached hydrogens (primary N) is 1. The van der Waals surface area contributed by atoms with Crippen molar-refractivity contribution in [2.45, 2.75) is 6.18 Å². The lowest BCUT2D eigenvalue weighted by Gasteiger charge is -2.05. The lowest BCUT2D eigenvalue weighted by atomic mass is 10.6. The van der Waals surface area contributed by atoms with Gasteiger partial charge in [0.25, 0.3) is 0 Å². The summed E-state index contributed by atoms with van der Waals surface area (Å²) in [5.41, 5.74) is 4.98. The predicted molar refractivity (Wildman–Crippen MR) is 41.4 cm³/mol. The molecule has 0 heterocycles. The van der Waals surface area contributed by atoms with Gasteiger partial charge in [-0.3, -0.25) is 4.79 Å². The van der Waals surface area contributed by atoms with Crippen molar-refractivity contribution in [3.63, 3.8) is 0 Å². The molecule has 0 aliphatic rings. The van der Waals surface area contributed by atoms with E-state index in [2.05, 4.69) is 0 Å². The monoisotopic (exact) mass is 216 g/mol. The van der Waals surface area contributed by atoms with Crippen LogP contribution in [0.3, 0.4) is 0 Å². The molecular formula is C6H11F3N2O3. The van der Waals surface area contributed by atoms with Gasteiger partial charge in [0.2, 0.25) is 5.91 Å². The van der Waals surface area contributed by atoms with E-state index in [1.54, 1.807) is 14.1 Å². The average molecular weight is 216 g/mol. The molecule has 0 aromatic carbocycles. The summed E-state index contributed by atoms with van der Waals surface area (Å²) in [6.45, 7) is 0.104. The third-order valence-electron chi connectivity index (χ3n) is 0.916. The summed E-state index contributed by atoms with van der Waals surface area (Å²) in [7, 11) is 3.35.